The van der Waals surface area contributed by atoms with Crippen molar-refractivity contribution in [2.24, 2.45) is 0 Å². The minimum atomic E-state index is 0.116. The van der Waals surface area contributed by atoms with Crippen molar-refractivity contribution in [3.05, 3.63) is 57.3 Å². The molecule has 1 aliphatic heterocycles. The van der Waals surface area contributed by atoms with E-state index in [9.17, 15) is 4.79 Å². The Kier molecular flexibility index (Phi) is 6.49. The van der Waals surface area contributed by atoms with E-state index in [1.165, 1.54) is 11.1 Å². The molecular formula is C21H27N7OS. The van der Waals surface area contributed by atoms with Gasteiger partial charge in [0.2, 0.25) is 5.91 Å². The van der Waals surface area contributed by atoms with Crippen LogP contribution in [0.2, 0.25) is 0 Å². The van der Waals surface area contributed by atoms with Gasteiger partial charge in [0.05, 0.1) is 13.1 Å². The van der Waals surface area contributed by atoms with Gasteiger partial charge < -0.3 is 4.90 Å². The SMILES string of the molecule is Cc1csc(CN(C)C(=O)CCCn2nnnc2CN2CCc3ccccc3C2)n1. The van der Waals surface area contributed by atoms with E-state index in [-0.39, 0.29) is 5.91 Å². The van der Waals surface area contributed by atoms with Crippen LogP contribution in [0.25, 0.3) is 0 Å². The predicted octanol–water partition coefficient (Wildman–Crippen LogP) is 2.44. The fourth-order valence-electron chi connectivity index (χ4n) is 3.74. The van der Waals surface area contributed by atoms with Crippen LogP contribution < -0.4 is 0 Å². The molecular weight excluding hydrogens is 398 g/mol. The number of nitrogens with zero attached hydrogens (tertiary/aromatic N) is 7. The number of tetrazole rings is 1. The van der Waals surface area contributed by atoms with Gasteiger partial charge in [0.25, 0.3) is 0 Å². The van der Waals surface area contributed by atoms with E-state index in [2.05, 4.69) is 49.7 Å². The first-order valence-corrected chi connectivity index (χ1v) is 11.2. The summed E-state index contributed by atoms with van der Waals surface area (Å²) in [6.45, 7) is 5.81. The number of hydrogen-bond donors (Lipinski definition) is 0. The number of carbonyl (C=O) groups is 1. The first-order chi connectivity index (χ1) is 14.6. The van der Waals surface area contributed by atoms with Gasteiger partial charge in [-0.25, -0.2) is 9.67 Å². The summed E-state index contributed by atoms with van der Waals surface area (Å²) >= 11 is 1.59. The van der Waals surface area contributed by atoms with Crippen LogP contribution in [-0.4, -0.2) is 54.5 Å². The van der Waals surface area contributed by atoms with Gasteiger partial charge in [-0.15, -0.1) is 16.4 Å². The molecule has 3 aromatic rings. The maximum absolute atomic E-state index is 12.4. The van der Waals surface area contributed by atoms with E-state index in [1.807, 2.05) is 24.0 Å². The van der Waals surface area contributed by atoms with Crippen molar-refractivity contribution in [1.29, 1.82) is 0 Å². The predicted molar refractivity (Wildman–Crippen MR) is 115 cm³/mol. The molecule has 8 nitrogen and oxygen atoms in total. The topological polar surface area (TPSA) is 80.0 Å². The summed E-state index contributed by atoms with van der Waals surface area (Å²) in [4.78, 5) is 21.0. The Balaban J connectivity index is 1.25. The molecule has 0 spiro atoms. The molecule has 1 aromatic carbocycles. The van der Waals surface area contributed by atoms with Crippen molar-refractivity contribution in [2.75, 3.05) is 13.6 Å². The smallest absolute Gasteiger partial charge is 0.222 e. The van der Waals surface area contributed by atoms with Crippen LogP contribution in [0.15, 0.2) is 29.6 Å². The van der Waals surface area contributed by atoms with Crippen LogP contribution >= 0.6 is 11.3 Å². The normalized spacial score (nSPS) is 13.9. The zero-order valence-corrected chi connectivity index (χ0v) is 18.3. The molecule has 3 heterocycles. The highest BCUT2D eigenvalue weighted by molar-refractivity contribution is 7.09. The minimum absolute atomic E-state index is 0.116. The standard InChI is InChI=1S/C21H27N7OS/c1-16-15-30-20(22-16)14-26(2)21(29)8-5-10-28-19(23-24-25-28)13-27-11-9-17-6-3-4-7-18(17)12-27/h3-4,6-7,15H,5,8-14H2,1-2H3. The number of benzene rings is 1. The highest BCUT2D eigenvalue weighted by Gasteiger charge is 2.19. The Hall–Kier alpha value is -2.65. The molecule has 4 rings (SSSR count). The van der Waals surface area contributed by atoms with Crippen LogP contribution in [0.4, 0.5) is 0 Å². The summed E-state index contributed by atoms with van der Waals surface area (Å²) in [6.07, 6.45) is 2.23. The lowest BCUT2D eigenvalue weighted by Crippen LogP contribution is -2.31. The van der Waals surface area contributed by atoms with Gasteiger partial charge in [0.1, 0.15) is 5.01 Å². The maximum atomic E-state index is 12.4. The van der Waals surface area contributed by atoms with Gasteiger partial charge >= 0.3 is 0 Å². The Morgan fingerprint density at radius 1 is 1.27 bits per heavy atom. The van der Waals surface area contributed by atoms with Crippen molar-refractivity contribution in [3.8, 4) is 0 Å². The first kappa shape index (κ1) is 20.6. The van der Waals surface area contributed by atoms with Crippen LogP contribution in [-0.2, 0) is 37.4 Å². The largest absolute Gasteiger partial charge is 0.339 e. The van der Waals surface area contributed by atoms with Gasteiger partial charge in [-0.3, -0.25) is 9.69 Å². The van der Waals surface area contributed by atoms with E-state index in [0.29, 0.717) is 25.9 Å². The zero-order chi connectivity index (χ0) is 20.9. The van der Waals surface area contributed by atoms with Crippen molar-refractivity contribution in [3.63, 3.8) is 0 Å². The fourth-order valence-corrected chi connectivity index (χ4v) is 4.56. The van der Waals surface area contributed by atoms with E-state index in [4.69, 9.17) is 0 Å². The highest BCUT2D eigenvalue weighted by Crippen LogP contribution is 2.19. The lowest BCUT2D eigenvalue weighted by molar-refractivity contribution is -0.130. The number of carbonyl (C=O) groups excluding carboxylic acids is 1. The summed E-state index contributed by atoms with van der Waals surface area (Å²) in [5, 5.41) is 15.2. The Labute approximate surface area is 180 Å². The van der Waals surface area contributed by atoms with Gasteiger partial charge in [-0.2, -0.15) is 0 Å². The molecule has 0 radical (unpaired) electrons. The molecule has 30 heavy (non-hydrogen) atoms. The van der Waals surface area contributed by atoms with E-state index in [0.717, 1.165) is 42.6 Å². The van der Waals surface area contributed by atoms with Crippen LogP contribution in [0, 0.1) is 6.92 Å². The lowest BCUT2D eigenvalue weighted by atomic mass is 10.00. The number of aromatic nitrogens is 5. The monoisotopic (exact) mass is 425 g/mol. The Morgan fingerprint density at radius 3 is 2.90 bits per heavy atom. The summed E-state index contributed by atoms with van der Waals surface area (Å²) in [5.74, 6) is 0.971. The van der Waals surface area contributed by atoms with Crippen molar-refractivity contribution in [2.45, 2.75) is 52.4 Å². The second-order valence-corrected chi connectivity index (χ2v) is 8.73. The third-order valence-corrected chi connectivity index (χ3v) is 6.36. The highest BCUT2D eigenvalue weighted by atomic mass is 32.1. The minimum Gasteiger partial charge on any atom is -0.339 e. The van der Waals surface area contributed by atoms with E-state index in [1.54, 1.807) is 16.2 Å². The number of aryl methyl sites for hydroxylation is 2. The number of rotatable bonds is 8. The second kappa shape index (κ2) is 9.44. The molecule has 0 atom stereocenters. The number of amides is 1. The number of thiazole rings is 1. The Bertz CT molecular complexity index is 999. The summed E-state index contributed by atoms with van der Waals surface area (Å²) < 4.78 is 1.83. The molecule has 9 heteroatoms. The molecule has 0 N–H and O–H groups in total. The molecule has 158 valence electrons. The molecule has 0 saturated heterocycles. The van der Waals surface area contributed by atoms with Crippen LogP contribution in [0.5, 0.6) is 0 Å². The van der Waals surface area contributed by atoms with Gasteiger partial charge in [-0.05, 0) is 41.3 Å². The summed E-state index contributed by atoms with van der Waals surface area (Å²) in [5.41, 5.74) is 3.81. The van der Waals surface area contributed by atoms with Crippen LogP contribution in [0.1, 0.15) is 40.5 Å². The molecule has 0 fully saturated rings. The second-order valence-electron chi connectivity index (χ2n) is 7.78. The maximum Gasteiger partial charge on any atom is 0.222 e. The van der Waals surface area contributed by atoms with Crippen molar-refractivity contribution < 1.29 is 4.79 Å². The fraction of sp³-hybridized carbons (Fsp3) is 0.476. The quantitative estimate of drug-likeness (QED) is 0.551. The molecule has 0 saturated carbocycles. The van der Waals surface area contributed by atoms with Crippen molar-refractivity contribution >= 4 is 17.2 Å². The van der Waals surface area contributed by atoms with Gasteiger partial charge in [0.15, 0.2) is 5.82 Å². The number of fused-ring (bicyclic) bond motifs is 1. The molecule has 1 amide bonds. The van der Waals surface area contributed by atoms with E-state index < -0.39 is 0 Å². The summed E-state index contributed by atoms with van der Waals surface area (Å²) in [7, 11) is 1.83. The Morgan fingerprint density at radius 2 is 2.10 bits per heavy atom. The number of hydrogen-bond acceptors (Lipinski definition) is 7. The lowest BCUT2D eigenvalue weighted by Gasteiger charge is -2.28. The molecule has 0 aliphatic carbocycles. The average Bonchev–Trinajstić information content (AvgIpc) is 3.36. The van der Waals surface area contributed by atoms with Gasteiger partial charge in [0, 0.05) is 44.2 Å². The first-order valence-electron chi connectivity index (χ1n) is 10.3. The van der Waals surface area contributed by atoms with Gasteiger partial charge in [-0.1, -0.05) is 24.3 Å². The molecule has 0 unspecified atom stereocenters. The summed E-state index contributed by atoms with van der Waals surface area (Å²) in [6, 6.07) is 8.60. The van der Waals surface area contributed by atoms with Crippen LogP contribution in [0.3, 0.4) is 0 Å². The average molecular weight is 426 g/mol. The molecule has 0 bridgehead atoms. The third kappa shape index (κ3) is 5.09. The zero-order valence-electron chi connectivity index (χ0n) is 17.5. The molecule has 2 aromatic heterocycles. The molecule has 1 aliphatic rings. The van der Waals surface area contributed by atoms with Crippen molar-refractivity contribution in [1.82, 2.24) is 35.0 Å². The van der Waals surface area contributed by atoms with E-state index >= 15 is 0 Å². The third-order valence-electron chi connectivity index (χ3n) is 5.41.